The van der Waals surface area contributed by atoms with Gasteiger partial charge in [0.2, 0.25) is 0 Å². The van der Waals surface area contributed by atoms with Gasteiger partial charge in [-0.25, -0.2) is 4.39 Å². The molecule has 0 aliphatic rings. The molecule has 0 amide bonds. The van der Waals surface area contributed by atoms with Gasteiger partial charge in [-0.3, -0.25) is 0 Å². The highest BCUT2D eigenvalue weighted by Gasteiger charge is 2.07. The zero-order valence-electron chi connectivity index (χ0n) is 10.7. The maximum absolute atomic E-state index is 13.7. The van der Waals surface area contributed by atoms with Gasteiger partial charge in [0.1, 0.15) is 11.6 Å². The molecule has 0 atom stereocenters. The molecule has 4 heteroatoms. The van der Waals surface area contributed by atoms with Crippen LogP contribution in [-0.2, 0) is 0 Å². The van der Waals surface area contributed by atoms with E-state index in [1.807, 2.05) is 0 Å². The summed E-state index contributed by atoms with van der Waals surface area (Å²) in [7, 11) is 1.56. The predicted octanol–water partition coefficient (Wildman–Crippen LogP) is 4.55. The highest BCUT2D eigenvalue weighted by molar-refractivity contribution is 6.32. The molecule has 0 radical (unpaired) electrons. The van der Waals surface area contributed by atoms with E-state index < -0.39 is 5.82 Å². The molecule has 100 valence electrons. The third-order valence-electron chi connectivity index (χ3n) is 2.81. The fourth-order valence-corrected chi connectivity index (χ4v) is 1.96. The van der Waals surface area contributed by atoms with Crippen molar-refractivity contribution in [2.24, 2.45) is 0 Å². The average molecular weight is 288 g/mol. The van der Waals surface area contributed by atoms with Crippen molar-refractivity contribution in [1.82, 2.24) is 0 Å². The molecule has 0 spiro atoms. The summed E-state index contributed by atoms with van der Waals surface area (Å²) in [4.78, 5) is 0. The van der Waals surface area contributed by atoms with Gasteiger partial charge in [-0.05, 0) is 48.0 Å². The first-order chi connectivity index (χ1) is 9.65. The van der Waals surface area contributed by atoms with Gasteiger partial charge in [0.25, 0.3) is 0 Å². The molecule has 2 rings (SSSR count). The summed E-state index contributed by atoms with van der Waals surface area (Å²) in [5.41, 5.74) is 1.22. The van der Waals surface area contributed by atoms with Crippen molar-refractivity contribution in [1.29, 1.82) is 5.26 Å². The summed E-state index contributed by atoms with van der Waals surface area (Å²) >= 11 is 5.95. The van der Waals surface area contributed by atoms with E-state index in [-0.39, 0.29) is 10.6 Å². The molecule has 0 aromatic heterocycles. The number of rotatable bonds is 3. The van der Waals surface area contributed by atoms with Crippen LogP contribution >= 0.6 is 11.6 Å². The molecule has 0 unspecified atom stereocenters. The Bertz CT molecular complexity index is 666. The van der Waals surface area contributed by atoms with Crippen molar-refractivity contribution >= 4 is 23.3 Å². The number of hydrogen-bond acceptors (Lipinski definition) is 2. The zero-order chi connectivity index (χ0) is 14.5. The number of nitriles is 1. The van der Waals surface area contributed by atoms with Crippen molar-refractivity contribution in [3.63, 3.8) is 0 Å². The SMILES string of the molecule is COc1ccc(/C(C#N)=C/c2c(F)cccc2Cl)cc1. The third-order valence-corrected chi connectivity index (χ3v) is 3.14. The second-order valence-electron chi connectivity index (χ2n) is 4.03. The van der Waals surface area contributed by atoms with Gasteiger partial charge in [-0.1, -0.05) is 17.7 Å². The van der Waals surface area contributed by atoms with Gasteiger partial charge >= 0.3 is 0 Å². The Morgan fingerprint density at radius 3 is 2.50 bits per heavy atom. The quantitative estimate of drug-likeness (QED) is 0.613. The zero-order valence-corrected chi connectivity index (χ0v) is 11.5. The fraction of sp³-hybridized carbons (Fsp3) is 0.0625. The molecule has 0 fully saturated rings. The van der Waals surface area contributed by atoms with E-state index in [1.165, 1.54) is 18.2 Å². The smallest absolute Gasteiger partial charge is 0.131 e. The van der Waals surface area contributed by atoms with E-state index in [0.717, 1.165) is 0 Å². The first-order valence-electron chi connectivity index (χ1n) is 5.86. The van der Waals surface area contributed by atoms with Crippen LogP contribution in [0.2, 0.25) is 5.02 Å². The predicted molar refractivity (Wildman–Crippen MR) is 77.9 cm³/mol. The lowest BCUT2D eigenvalue weighted by molar-refractivity contribution is 0.415. The second-order valence-corrected chi connectivity index (χ2v) is 4.44. The van der Waals surface area contributed by atoms with Crippen molar-refractivity contribution in [2.45, 2.75) is 0 Å². The summed E-state index contributed by atoms with van der Waals surface area (Å²) in [5.74, 6) is 0.230. The van der Waals surface area contributed by atoms with E-state index >= 15 is 0 Å². The minimum absolute atomic E-state index is 0.210. The number of allylic oxidation sites excluding steroid dienone is 1. The van der Waals surface area contributed by atoms with Crippen molar-refractivity contribution in [3.8, 4) is 11.8 Å². The molecule has 20 heavy (non-hydrogen) atoms. The Morgan fingerprint density at radius 1 is 1.25 bits per heavy atom. The van der Waals surface area contributed by atoms with Crippen LogP contribution in [0, 0.1) is 17.1 Å². The molecule has 0 saturated heterocycles. The number of methoxy groups -OCH3 is 1. The average Bonchev–Trinajstić information content (AvgIpc) is 2.47. The number of hydrogen-bond donors (Lipinski definition) is 0. The number of nitrogens with zero attached hydrogens (tertiary/aromatic N) is 1. The van der Waals surface area contributed by atoms with E-state index in [2.05, 4.69) is 6.07 Å². The Labute approximate surface area is 121 Å². The maximum atomic E-state index is 13.7. The van der Waals surface area contributed by atoms with E-state index in [0.29, 0.717) is 16.9 Å². The van der Waals surface area contributed by atoms with Crippen LogP contribution in [0.5, 0.6) is 5.75 Å². The van der Waals surface area contributed by atoms with Crippen LogP contribution in [0.25, 0.3) is 11.6 Å². The van der Waals surface area contributed by atoms with Gasteiger partial charge in [0.15, 0.2) is 0 Å². The van der Waals surface area contributed by atoms with Crippen molar-refractivity contribution in [3.05, 3.63) is 64.4 Å². The summed E-state index contributed by atoms with van der Waals surface area (Å²) < 4.78 is 18.8. The largest absolute Gasteiger partial charge is 0.497 e. The summed E-state index contributed by atoms with van der Waals surface area (Å²) in [6.45, 7) is 0. The first-order valence-corrected chi connectivity index (χ1v) is 6.23. The van der Waals surface area contributed by atoms with Gasteiger partial charge in [0.05, 0.1) is 23.8 Å². The lowest BCUT2D eigenvalue weighted by Crippen LogP contribution is -1.88. The molecule has 0 heterocycles. The van der Waals surface area contributed by atoms with E-state index in [1.54, 1.807) is 37.4 Å². The minimum Gasteiger partial charge on any atom is -0.497 e. The third kappa shape index (κ3) is 2.98. The number of ether oxygens (including phenoxy) is 1. The van der Waals surface area contributed by atoms with Crippen LogP contribution in [0.3, 0.4) is 0 Å². The van der Waals surface area contributed by atoms with Gasteiger partial charge < -0.3 is 4.74 Å². The molecule has 2 aromatic rings. The Morgan fingerprint density at radius 2 is 1.95 bits per heavy atom. The molecule has 0 aliphatic carbocycles. The first kappa shape index (κ1) is 14.1. The molecular weight excluding hydrogens is 277 g/mol. The number of benzene rings is 2. The van der Waals surface area contributed by atoms with Crippen LogP contribution in [0.4, 0.5) is 4.39 Å². The van der Waals surface area contributed by atoms with Gasteiger partial charge in [-0.2, -0.15) is 5.26 Å². The minimum atomic E-state index is -0.459. The van der Waals surface area contributed by atoms with Gasteiger partial charge in [-0.15, -0.1) is 0 Å². The van der Waals surface area contributed by atoms with Crippen LogP contribution in [0.15, 0.2) is 42.5 Å². The number of halogens is 2. The summed E-state index contributed by atoms with van der Waals surface area (Å²) in [6, 6.07) is 13.4. The molecule has 0 N–H and O–H groups in total. The molecule has 0 saturated carbocycles. The Balaban J connectivity index is 2.46. The maximum Gasteiger partial charge on any atom is 0.131 e. The van der Waals surface area contributed by atoms with Crippen LogP contribution in [-0.4, -0.2) is 7.11 Å². The molecule has 0 bridgehead atoms. The van der Waals surface area contributed by atoms with E-state index in [4.69, 9.17) is 16.3 Å². The van der Waals surface area contributed by atoms with Crippen molar-refractivity contribution < 1.29 is 9.13 Å². The Hall–Kier alpha value is -2.31. The van der Waals surface area contributed by atoms with Gasteiger partial charge in [0, 0.05) is 5.56 Å². The van der Waals surface area contributed by atoms with Crippen LogP contribution < -0.4 is 4.74 Å². The Kier molecular flexibility index (Phi) is 4.39. The summed E-state index contributed by atoms with van der Waals surface area (Å²) in [6.07, 6.45) is 1.44. The highest BCUT2D eigenvalue weighted by Crippen LogP contribution is 2.26. The lowest BCUT2D eigenvalue weighted by Gasteiger charge is -2.04. The standard InChI is InChI=1S/C16H11ClFNO/c1-20-13-7-5-11(6-8-13)12(10-19)9-14-15(17)3-2-4-16(14)18/h2-9H,1H3/b12-9+. The monoisotopic (exact) mass is 287 g/mol. The van der Waals surface area contributed by atoms with E-state index in [9.17, 15) is 9.65 Å². The molecular formula is C16H11ClFNO. The summed E-state index contributed by atoms with van der Waals surface area (Å²) in [5, 5.41) is 9.50. The molecule has 0 aliphatic heterocycles. The molecule has 2 nitrogen and oxygen atoms in total. The molecule has 2 aromatic carbocycles. The normalized spacial score (nSPS) is 11.0. The van der Waals surface area contributed by atoms with Crippen molar-refractivity contribution in [2.75, 3.05) is 7.11 Å². The van der Waals surface area contributed by atoms with Crippen LogP contribution in [0.1, 0.15) is 11.1 Å². The lowest BCUT2D eigenvalue weighted by atomic mass is 10.0. The highest BCUT2D eigenvalue weighted by atomic mass is 35.5. The second kappa shape index (κ2) is 6.23. The fourth-order valence-electron chi connectivity index (χ4n) is 1.74. The topological polar surface area (TPSA) is 33.0 Å².